The molecule has 2 atom stereocenters. The summed E-state index contributed by atoms with van der Waals surface area (Å²) in [6.45, 7) is 2.34. The molecule has 1 aliphatic heterocycles. The second kappa shape index (κ2) is 11.5. The van der Waals surface area contributed by atoms with Gasteiger partial charge in [0.25, 0.3) is 0 Å². The highest BCUT2D eigenvalue weighted by molar-refractivity contribution is 5.61. The lowest BCUT2D eigenvalue weighted by atomic mass is 9.98. The van der Waals surface area contributed by atoms with Gasteiger partial charge >= 0.3 is 0 Å². The van der Waals surface area contributed by atoms with Crippen molar-refractivity contribution in [3.8, 4) is 11.5 Å². The van der Waals surface area contributed by atoms with Gasteiger partial charge in [-0.3, -0.25) is 4.90 Å². The van der Waals surface area contributed by atoms with E-state index in [4.69, 9.17) is 9.47 Å². The molecule has 2 fully saturated rings. The Labute approximate surface area is 213 Å². The van der Waals surface area contributed by atoms with Crippen LogP contribution in [0.4, 0.5) is 5.69 Å². The minimum Gasteiger partial charge on any atom is -0.493 e. The third-order valence-electron chi connectivity index (χ3n) is 7.34. The molecule has 7 nitrogen and oxygen atoms in total. The van der Waals surface area contributed by atoms with Gasteiger partial charge in [0.05, 0.1) is 18.9 Å². The Morgan fingerprint density at radius 1 is 1.06 bits per heavy atom. The topological polar surface area (TPSA) is 67.8 Å². The third-order valence-corrected chi connectivity index (χ3v) is 7.34. The smallest absolute Gasteiger partial charge is 0.163 e. The zero-order chi connectivity index (χ0) is 24.7. The summed E-state index contributed by atoms with van der Waals surface area (Å²) in [5, 5.41) is 0. The van der Waals surface area contributed by atoms with E-state index >= 15 is 0 Å². The fraction of sp³-hybridized carbons (Fsp3) is 0.414. The summed E-state index contributed by atoms with van der Waals surface area (Å²) in [5.41, 5.74) is 3.11. The van der Waals surface area contributed by atoms with E-state index in [2.05, 4.69) is 56.2 Å². The lowest BCUT2D eigenvalue weighted by Gasteiger charge is -2.44. The molecule has 36 heavy (non-hydrogen) atoms. The molecule has 1 aliphatic carbocycles. The van der Waals surface area contributed by atoms with Gasteiger partial charge in [-0.2, -0.15) is 0 Å². The van der Waals surface area contributed by atoms with E-state index in [1.807, 2.05) is 18.2 Å². The zero-order valence-corrected chi connectivity index (χ0v) is 20.8. The van der Waals surface area contributed by atoms with E-state index < -0.39 is 6.04 Å². The summed E-state index contributed by atoms with van der Waals surface area (Å²) < 4.78 is 12.0. The number of ether oxygens (including phenoxy) is 2. The molecule has 7 heteroatoms. The maximum atomic E-state index is 12.3. The van der Waals surface area contributed by atoms with E-state index in [9.17, 15) is 4.79 Å². The lowest BCUT2D eigenvalue weighted by Crippen LogP contribution is -2.55. The number of rotatable bonds is 9. The van der Waals surface area contributed by atoms with Gasteiger partial charge in [-0.05, 0) is 55.9 Å². The molecule has 1 saturated heterocycles. The molecule has 1 saturated carbocycles. The molecule has 0 N–H and O–H groups in total. The van der Waals surface area contributed by atoms with Crippen LogP contribution in [0.25, 0.3) is 0 Å². The number of benzene rings is 2. The summed E-state index contributed by atoms with van der Waals surface area (Å²) in [6.07, 6.45) is 9.97. The van der Waals surface area contributed by atoms with Crippen molar-refractivity contribution in [2.45, 2.75) is 50.3 Å². The highest BCUT2D eigenvalue weighted by Crippen LogP contribution is 2.36. The molecule has 1 unspecified atom stereocenters. The number of carbonyl (C=O) groups excluding carboxylic acids is 1. The van der Waals surface area contributed by atoms with Crippen LogP contribution in [0.3, 0.4) is 0 Å². The van der Waals surface area contributed by atoms with Crippen LogP contribution < -0.4 is 14.4 Å². The molecule has 188 valence electrons. The number of hydrogen-bond donors (Lipinski definition) is 0. The van der Waals surface area contributed by atoms with Gasteiger partial charge in [0.1, 0.15) is 18.7 Å². The molecule has 0 amide bonds. The molecule has 2 heterocycles. The Hall–Kier alpha value is -3.45. The van der Waals surface area contributed by atoms with Crippen LogP contribution >= 0.6 is 0 Å². The fourth-order valence-corrected chi connectivity index (χ4v) is 5.47. The first-order valence-electron chi connectivity index (χ1n) is 12.9. The van der Waals surface area contributed by atoms with E-state index in [0.717, 1.165) is 68.1 Å². The Morgan fingerprint density at radius 3 is 2.61 bits per heavy atom. The van der Waals surface area contributed by atoms with Gasteiger partial charge in [0.15, 0.2) is 11.5 Å². The molecule has 2 aromatic carbocycles. The summed E-state index contributed by atoms with van der Waals surface area (Å²) in [4.78, 5) is 25.4. The molecule has 2 aliphatic rings. The molecular formula is C29H34N4O3. The lowest BCUT2D eigenvalue weighted by molar-refractivity contribution is -0.113. The molecular weight excluding hydrogens is 452 g/mol. The van der Waals surface area contributed by atoms with Gasteiger partial charge in [-0.1, -0.05) is 30.3 Å². The highest BCUT2D eigenvalue weighted by Gasteiger charge is 2.34. The second-order valence-corrected chi connectivity index (χ2v) is 9.60. The number of aromatic nitrogens is 2. The Morgan fingerprint density at radius 2 is 1.89 bits per heavy atom. The molecule has 0 bridgehead atoms. The predicted octanol–water partition coefficient (Wildman–Crippen LogP) is 4.48. The quantitative estimate of drug-likeness (QED) is 0.413. The average Bonchev–Trinajstić information content (AvgIpc) is 3.44. The Bertz CT molecular complexity index is 1120. The number of methoxy groups -OCH3 is 1. The maximum absolute atomic E-state index is 12.3. The maximum Gasteiger partial charge on any atom is 0.163 e. The zero-order valence-electron chi connectivity index (χ0n) is 20.8. The van der Waals surface area contributed by atoms with Crippen molar-refractivity contribution in [3.63, 3.8) is 0 Å². The van der Waals surface area contributed by atoms with Crippen molar-refractivity contribution in [1.82, 2.24) is 14.9 Å². The van der Waals surface area contributed by atoms with Crippen LogP contribution in [-0.2, 0) is 11.2 Å². The van der Waals surface area contributed by atoms with Crippen molar-refractivity contribution in [2.24, 2.45) is 0 Å². The average molecular weight is 487 g/mol. The van der Waals surface area contributed by atoms with Gasteiger partial charge < -0.3 is 19.2 Å². The van der Waals surface area contributed by atoms with Crippen molar-refractivity contribution < 1.29 is 14.3 Å². The number of anilines is 1. The first kappa shape index (κ1) is 24.3. The highest BCUT2D eigenvalue weighted by atomic mass is 16.5. The Kier molecular flexibility index (Phi) is 7.76. The first-order valence-corrected chi connectivity index (χ1v) is 12.9. The van der Waals surface area contributed by atoms with E-state index in [1.165, 1.54) is 24.7 Å². The number of hydrogen-bond acceptors (Lipinski definition) is 7. The van der Waals surface area contributed by atoms with Crippen LogP contribution in [-0.4, -0.2) is 60.0 Å². The minimum absolute atomic E-state index is 0.132. The molecule has 3 aromatic rings. The van der Waals surface area contributed by atoms with Crippen LogP contribution in [0, 0.1) is 0 Å². The van der Waals surface area contributed by atoms with Gasteiger partial charge in [-0.25, -0.2) is 9.97 Å². The van der Waals surface area contributed by atoms with Gasteiger partial charge in [-0.15, -0.1) is 0 Å². The SMILES string of the molecule is COc1ccc(N2CCN([C@H](C=O)c3ccncn3)C(Cc3ccccc3)C2)cc1OC1CCCC1. The summed E-state index contributed by atoms with van der Waals surface area (Å²) in [5.74, 6) is 1.59. The van der Waals surface area contributed by atoms with Gasteiger partial charge in [0, 0.05) is 43.6 Å². The van der Waals surface area contributed by atoms with Crippen molar-refractivity contribution in [2.75, 3.05) is 31.6 Å². The van der Waals surface area contributed by atoms with Crippen LogP contribution in [0.5, 0.6) is 11.5 Å². The molecule has 5 rings (SSSR count). The summed E-state index contributed by atoms with van der Waals surface area (Å²) >= 11 is 0. The van der Waals surface area contributed by atoms with E-state index in [1.54, 1.807) is 13.3 Å². The second-order valence-electron chi connectivity index (χ2n) is 9.60. The van der Waals surface area contributed by atoms with Crippen molar-refractivity contribution >= 4 is 12.0 Å². The number of carbonyl (C=O) groups is 1. The molecule has 0 spiro atoms. The summed E-state index contributed by atoms with van der Waals surface area (Å²) in [6, 6.07) is 18.3. The monoisotopic (exact) mass is 486 g/mol. The fourth-order valence-electron chi connectivity index (χ4n) is 5.47. The van der Waals surface area contributed by atoms with E-state index in [0.29, 0.717) is 0 Å². The van der Waals surface area contributed by atoms with E-state index in [-0.39, 0.29) is 12.1 Å². The van der Waals surface area contributed by atoms with Crippen molar-refractivity contribution in [3.05, 3.63) is 78.4 Å². The van der Waals surface area contributed by atoms with Crippen molar-refractivity contribution in [1.29, 1.82) is 0 Å². The molecule has 1 aromatic heterocycles. The largest absolute Gasteiger partial charge is 0.493 e. The number of aldehydes is 1. The molecule has 0 radical (unpaired) electrons. The van der Waals surface area contributed by atoms with Crippen LogP contribution in [0.2, 0.25) is 0 Å². The van der Waals surface area contributed by atoms with Crippen LogP contribution in [0.15, 0.2) is 67.1 Å². The number of piperazine rings is 1. The van der Waals surface area contributed by atoms with Gasteiger partial charge in [0.2, 0.25) is 0 Å². The first-order chi connectivity index (χ1) is 17.7. The Balaban J connectivity index is 1.40. The third kappa shape index (κ3) is 5.51. The normalized spacial score (nSPS) is 19.7. The predicted molar refractivity (Wildman–Crippen MR) is 140 cm³/mol. The number of nitrogens with zero attached hydrogens (tertiary/aromatic N) is 4. The standard InChI is InChI=1S/C29H34N4O3/c1-35-28-12-11-23(18-29(28)36-25-9-5-6-10-25)32-15-16-33(27(20-34)26-13-14-30-21-31-26)24(19-32)17-22-7-3-2-4-8-22/h2-4,7-8,11-14,18,20-21,24-25,27H,5-6,9-10,15-17,19H2,1H3/t24?,27-/m1/s1. The minimum atomic E-state index is -0.402. The summed E-state index contributed by atoms with van der Waals surface area (Å²) in [7, 11) is 1.69. The van der Waals surface area contributed by atoms with Crippen LogP contribution in [0.1, 0.15) is 43.0 Å².